The zero-order valence-electron chi connectivity index (χ0n) is 53.4. The Bertz CT molecular complexity index is 2540. The highest BCUT2D eigenvalue weighted by Gasteiger charge is 2.44. The number of nitrogens with zero attached hydrogens (tertiary/aromatic N) is 7. The van der Waals surface area contributed by atoms with Crippen LogP contribution in [0.2, 0.25) is 0 Å². The summed E-state index contributed by atoms with van der Waals surface area (Å²) in [7, 11) is 7.71. The molecule has 2 fully saturated rings. The summed E-state index contributed by atoms with van der Waals surface area (Å²) < 4.78 is 0. The Balaban J connectivity index is 2.29. The fraction of sp³-hybridized carbons (Fsp3) is 0.700. The van der Waals surface area contributed by atoms with Gasteiger partial charge in [0.25, 0.3) is 17.7 Å². The van der Waals surface area contributed by atoms with Gasteiger partial charge in [-0.2, -0.15) is 0 Å². The molecule has 0 saturated carbocycles. The van der Waals surface area contributed by atoms with Gasteiger partial charge in [0.05, 0.1) is 6.10 Å². The molecule has 11 atom stereocenters. The summed E-state index contributed by atoms with van der Waals surface area (Å²) in [6.07, 6.45) is 0.486. The Morgan fingerprint density at radius 3 is 1.47 bits per heavy atom. The summed E-state index contributed by atoms with van der Waals surface area (Å²) in [6, 6.07) is -6.64. The molecule has 6 N–H and O–H groups in total. The number of hydrogen-bond acceptors (Lipinski definition) is 13. The number of carbonyl (C=O) groups excluding carboxylic acids is 12. The van der Waals surface area contributed by atoms with Gasteiger partial charge in [-0.1, -0.05) is 85.7 Å². The lowest BCUT2D eigenvalue weighted by Gasteiger charge is -2.37. The predicted octanol–water partition coefficient (Wildman–Crippen LogP) is 1.10. The van der Waals surface area contributed by atoms with Crippen LogP contribution in [0, 0.1) is 23.7 Å². The molecular weight excluding hydrogens is 1100 g/mol. The normalized spacial score (nSPS) is 27.0. The molecule has 476 valence electrons. The van der Waals surface area contributed by atoms with Gasteiger partial charge in [0, 0.05) is 61.8 Å². The highest BCUT2D eigenvalue weighted by Crippen LogP contribution is 2.21. The average molecular weight is 1200 g/mol. The van der Waals surface area contributed by atoms with Crippen LogP contribution in [0.5, 0.6) is 0 Å². The van der Waals surface area contributed by atoms with E-state index in [1.807, 2.05) is 27.7 Å². The maximum atomic E-state index is 14.9. The predicted molar refractivity (Wildman–Crippen MR) is 318 cm³/mol. The van der Waals surface area contributed by atoms with Gasteiger partial charge in [-0.05, 0) is 95.5 Å². The van der Waals surface area contributed by atoms with Gasteiger partial charge in [-0.25, -0.2) is 4.79 Å². The van der Waals surface area contributed by atoms with Crippen molar-refractivity contribution in [2.24, 2.45) is 23.7 Å². The number of imide groups is 1. The number of carbonyl (C=O) groups is 12. The van der Waals surface area contributed by atoms with E-state index in [4.69, 9.17) is 0 Å². The molecule has 2 aliphatic heterocycles. The monoisotopic (exact) mass is 1190 g/mol. The molecule has 2 heterocycles. The molecule has 1 aromatic carbocycles. The van der Waals surface area contributed by atoms with Crippen molar-refractivity contribution in [2.75, 3.05) is 55.4 Å². The molecule has 0 radical (unpaired) electrons. The van der Waals surface area contributed by atoms with Crippen LogP contribution < -0.4 is 26.6 Å². The summed E-state index contributed by atoms with van der Waals surface area (Å²) in [5, 5.41) is 24.4. The van der Waals surface area contributed by atoms with Crippen LogP contribution in [-0.2, 0) is 59.2 Å². The second-order valence-electron chi connectivity index (χ2n) is 24.6. The van der Waals surface area contributed by atoms with E-state index in [0.717, 1.165) is 38.0 Å². The number of urea groups is 1. The first-order chi connectivity index (χ1) is 39.5. The lowest BCUT2D eigenvalue weighted by atomic mass is 9.98. The molecule has 0 bridgehead atoms. The van der Waals surface area contributed by atoms with Crippen LogP contribution in [-0.4, -0.2) is 232 Å². The van der Waals surface area contributed by atoms with Gasteiger partial charge in [0.15, 0.2) is 6.04 Å². The number of amides is 13. The lowest BCUT2D eigenvalue weighted by molar-refractivity contribution is -0.152. The zero-order valence-corrected chi connectivity index (χ0v) is 53.4. The van der Waals surface area contributed by atoms with Crippen LogP contribution >= 0.6 is 0 Å². The van der Waals surface area contributed by atoms with Crippen LogP contribution in [0.15, 0.2) is 30.3 Å². The largest absolute Gasteiger partial charge is 0.391 e. The van der Waals surface area contributed by atoms with Gasteiger partial charge in [-0.3, -0.25) is 57.6 Å². The number of aliphatic hydroxyl groups is 1. The minimum atomic E-state index is -1.88. The van der Waals surface area contributed by atoms with Crippen LogP contribution in [0.3, 0.4) is 0 Å². The van der Waals surface area contributed by atoms with E-state index in [1.165, 1.54) is 67.8 Å². The fourth-order valence-electron chi connectivity index (χ4n) is 10.5. The highest BCUT2D eigenvalue weighted by atomic mass is 16.3. The molecule has 85 heavy (non-hydrogen) atoms. The lowest BCUT2D eigenvalue weighted by Crippen LogP contribution is -2.64. The molecule has 0 spiro atoms. The number of likely N-dealkylation sites (N-methyl/N-ethyl adjacent to an activating group) is 6. The first kappa shape index (κ1) is 72.1. The third-order valence-electron chi connectivity index (χ3n) is 15.9. The maximum absolute atomic E-state index is 14.9. The maximum Gasteiger partial charge on any atom is 0.326 e. The first-order valence-electron chi connectivity index (χ1n) is 29.7. The molecule has 0 unspecified atom stereocenters. The van der Waals surface area contributed by atoms with E-state index in [9.17, 15) is 62.6 Å². The van der Waals surface area contributed by atoms with Crippen LogP contribution in [0.4, 0.5) is 4.79 Å². The second kappa shape index (κ2) is 32.4. The van der Waals surface area contributed by atoms with E-state index in [0.29, 0.717) is 23.3 Å². The van der Waals surface area contributed by atoms with Crippen molar-refractivity contribution in [1.82, 2.24) is 60.9 Å². The van der Waals surface area contributed by atoms with Gasteiger partial charge in [0.2, 0.25) is 47.3 Å². The Morgan fingerprint density at radius 2 is 0.976 bits per heavy atom. The zero-order chi connectivity index (χ0) is 64.6. The number of nitrogens with one attached hydrogen (secondary N) is 5. The van der Waals surface area contributed by atoms with Crippen LogP contribution in [0.25, 0.3) is 0 Å². The molecule has 25 heteroatoms. The van der Waals surface area contributed by atoms with Crippen molar-refractivity contribution >= 4 is 71.0 Å². The summed E-state index contributed by atoms with van der Waals surface area (Å²) >= 11 is 0. The molecular formula is C60H98N12O13. The molecule has 2 aliphatic rings. The summed E-state index contributed by atoms with van der Waals surface area (Å²) in [5.74, 6) is -10.3. The highest BCUT2D eigenvalue weighted by molar-refractivity contribution is 6.09. The third-order valence-corrected chi connectivity index (χ3v) is 15.9. The van der Waals surface area contributed by atoms with Crippen molar-refractivity contribution in [1.29, 1.82) is 0 Å². The molecule has 25 nitrogen and oxygen atoms in total. The number of aliphatic hydroxyl groups excluding tert-OH is 1. The summed E-state index contributed by atoms with van der Waals surface area (Å²) in [6.45, 7) is 20.2. The van der Waals surface area contributed by atoms with Crippen molar-refractivity contribution in [3.8, 4) is 0 Å². The third kappa shape index (κ3) is 19.4. The standard InChI is InChI=1S/C60H98N12O13/c1-33(2)29-42-49(74)65-47(59(84)72-27-23-20-24-28-72)58(83)66(13)38(10)55(80)69(16)45(31-35(5)6)52(77)63-43(32-41-25-21-19-22-26-41)50(75)64-46(40(12)73)57(82)71(18)60(85)67(14)39(11)56(81)70(17)48(36(7)8)53(78)61-37(9)54(79)68(15)44(30-34(3)4)51(76)62-42/h19,21-22,25-26,33-40,42-48,73H,20,23-24,27-32H2,1-18H3,(H,61,78)(H,62,76)(H,63,77)(H,64,75)(H,65,74)/t37-,38-,39-,40+,42-,43-,44-,45-,46-,47-,48-/m0/s1. The van der Waals surface area contributed by atoms with E-state index in [2.05, 4.69) is 26.6 Å². The van der Waals surface area contributed by atoms with Crippen molar-refractivity contribution in [3.05, 3.63) is 35.9 Å². The molecule has 13 amide bonds. The van der Waals surface area contributed by atoms with E-state index in [-0.39, 0.29) is 56.5 Å². The minimum absolute atomic E-state index is 0.0267. The van der Waals surface area contributed by atoms with E-state index >= 15 is 0 Å². The number of likely N-dealkylation sites (tertiary alicyclic amines) is 1. The number of piperidine rings is 1. The minimum Gasteiger partial charge on any atom is -0.391 e. The topological polar surface area (TPSA) is 308 Å². The van der Waals surface area contributed by atoms with Crippen molar-refractivity contribution in [3.63, 3.8) is 0 Å². The molecule has 1 aromatic rings. The van der Waals surface area contributed by atoms with Crippen molar-refractivity contribution in [2.45, 2.75) is 195 Å². The van der Waals surface area contributed by atoms with Gasteiger partial charge >= 0.3 is 6.03 Å². The molecule has 3 rings (SSSR count). The Labute approximate surface area is 502 Å². The summed E-state index contributed by atoms with van der Waals surface area (Å²) in [5.41, 5.74) is 0.573. The van der Waals surface area contributed by atoms with Gasteiger partial charge < -0.3 is 61.1 Å². The molecule has 0 aromatic heterocycles. The first-order valence-corrected chi connectivity index (χ1v) is 29.7. The quantitative estimate of drug-likeness (QED) is 0.170. The van der Waals surface area contributed by atoms with Gasteiger partial charge in [-0.15, -0.1) is 0 Å². The van der Waals surface area contributed by atoms with Crippen LogP contribution in [0.1, 0.15) is 127 Å². The van der Waals surface area contributed by atoms with E-state index in [1.54, 1.807) is 58.0 Å². The number of hydrogen-bond donors (Lipinski definition) is 6. The summed E-state index contributed by atoms with van der Waals surface area (Å²) in [4.78, 5) is 181. The molecule has 2 saturated heterocycles. The van der Waals surface area contributed by atoms with Crippen molar-refractivity contribution < 1.29 is 62.6 Å². The van der Waals surface area contributed by atoms with E-state index < -0.39 is 143 Å². The SMILES string of the molecule is CC(C)C[C@@H]1NC(=O)[C@H](CC(C)C)N(C)C(=O)[C@H](C)NC(=O)[C@H](C(C)C)N(C)C(=O)[C@H](C)N(C)C(=O)N(C)C(=O)[C@H]([C@@H](C)O)NC(=O)[C@H](Cc2ccccc2)NC(=O)[C@H](CC(C)C)N(C)C(=O)[C@H](C)N(C)C(=O)[C@@H](C(=O)N2CCCCC2)NC1=O. The average Bonchev–Trinajstić information content (AvgIpc) is 3.39. The Hall–Kier alpha value is -7.18. The Morgan fingerprint density at radius 1 is 0.506 bits per heavy atom. The second-order valence-corrected chi connectivity index (χ2v) is 24.6. The molecule has 0 aliphatic carbocycles. The smallest absolute Gasteiger partial charge is 0.326 e. The number of rotatable bonds is 11. The fourth-order valence-corrected chi connectivity index (χ4v) is 10.5. The Kier molecular flexibility index (Phi) is 27.4. The number of benzene rings is 1. The van der Waals surface area contributed by atoms with Gasteiger partial charge in [0.1, 0.15) is 54.4 Å².